The third-order valence-corrected chi connectivity index (χ3v) is 3.01. The first-order chi connectivity index (χ1) is 8.54. The molecule has 0 aliphatic carbocycles. The van der Waals surface area contributed by atoms with Crippen molar-refractivity contribution in [1.29, 1.82) is 5.26 Å². The van der Waals surface area contributed by atoms with E-state index in [4.69, 9.17) is 16.9 Å². The van der Waals surface area contributed by atoms with Gasteiger partial charge in [0.05, 0.1) is 21.2 Å². The van der Waals surface area contributed by atoms with Gasteiger partial charge in [0.25, 0.3) is 5.69 Å². The molecule has 0 N–H and O–H groups in total. The minimum atomic E-state index is -0.623. The molecule has 0 unspecified atom stereocenters. The maximum Gasteiger partial charge on any atom is 0.272 e. The van der Waals surface area contributed by atoms with Crippen molar-refractivity contribution in [2.45, 2.75) is 12.8 Å². The Morgan fingerprint density at radius 2 is 2.22 bits per heavy atom. The molecule has 1 fully saturated rings. The Hall–Kier alpha value is -2.13. The Bertz CT molecular complexity index is 580. The minimum absolute atomic E-state index is 0.0458. The van der Waals surface area contributed by atoms with E-state index in [2.05, 4.69) is 0 Å². The second-order valence-electron chi connectivity index (χ2n) is 3.84. The molecule has 0 radical (unpaired) electrons. The van der Waals surface area contributed by atoms with E-state index >= 15 is 0 Å². The van der Waals surface area contributed by atoms with Crippen LogP contribution in [0.25, 0.3) is 0 Å². The first-order valence-corrected chi connectivity index (χ1v) is 5.61. The SMILES string of the molecule is N#Cc1cc([N+](=O)[O-])cc(Cl)c1N1CCCC1=O. The number of nitro groups is 1. The number of nitriles is 1. The van der Waals surface area contributed by atoms with E-state index in [1.165, 1.54) is 4.90 Å². The largest absolute Gasteiger partial charge is 0.310 e. The molecule has 0 atom stereocenters. The highest BCUT2D eigenvalue weighted by molar-refractivity contribution is 6.34. The molecule has 1 heterocycles. The summed E-state index contributed by atoms with van der Waals surface area (Å²) in [4.78, 5) is 23.1. The lowest BCUT2D eigenvalue weighted by atomic mass is 10.1. The Morgan fingerprint density at radius 3 is 2.72 bits per heavy atom. The monoisotopic (exact) mass is 265 g/mol. The average molecular weight is 266 g/mol. The summed E-state index contributed by atoms with van der Waals surface area (Å²) >= 11 is 5.95. The van der Waals surface area contributed by atoms with Gasteiger partial charge in [-0.3, -0.25) is 14.9 Å². The summed E-state index contributed by atoms with van der Waals surface area (Å²) in [5.74, 6) is -0.123. The Labute approximate surface area is 108 Å². The fraction of sp³-hybridized carbons (Fsp3) is 0.273. The second-order valence-corrected chi connectivity index (χ2v) is 4.25. The van der Waals surface area contributed by atoms with E-state index in [1.54, 1.807) is 0 Å². The predicted octanol–water partition coefficient (Wildman–Crippen LogP) is 2.25. The van der Waals surface area contributed by atoms with Crippen molar-refractivity contribution >= 4 is 28.9 Å². The van der Waals surface area contributed by atoms with Crippen molar-refractivity contribution in [2.24, 2.45) is 0 Å². The third kappa shape index (κ3) is 2.00. The van der Waals surface area contributed by atoms with Crippen molar-refractivity contribution in [3.8, 4) is 6.07 Å². The maximum atomic E-state index is 11.6. The molecule has 6 nitrogen and oxygen atoms in total. The lowest BCUT2D eigenvalue weighted by Crippen LogP contribution is -2.25. The van der Waals surface area contributed by atoms with Crippen molar-refractivity contribution in [3.05, 3.63) is 32.8 Å². The number of carbonyl (C=O) groups excluding carboxylic acids is 1. The number of anilines is 1. The van der Waals surface area contributed by atoms with Crippen molar-refractivity contribution in [1.82, 2.24) is 0 Å². The van der Waals surface area contributed by atoms with E-state index in [1.807, 2.05) is 6.07 Å². The molecule has 18 heavy (non-hydrogen) atoms. The molecule has 7 heteroatoms. The van der Waals surface area contributed by atoms with Crippen molar-refractivity contribution < 1.29 is 9.72 Å². The summed E-state index contributed by atoms with van der Waals surface area (Å²) in [6.07, 6.45) is 1.09. The fourth-order valence-corrected chi connectivity index (χ4v) is 2.25. The molecule has 92 valence electrons. The highest BCUT2D eigenvalue weighted by atomic mass is 35.5. The van der Waals surface area contributed by atoms with Crippen LogP contribution in [-0.4, -0.2) is 17.4 Å². The summed E-state index contributed by atoms with van der Waals surface area (Å²) in [5.41, 5.74) is 0.0589. The van der Waals surface area contributed by atoms with Gasteiger partial charge in [0.1, 0.15) is 6.07 Å². The number of nitro benzene ring substituents is 1. The number of benzene rings is 1. The predicted molar refractivity (Wildman–Crippen MR) is 64.4 cm³/mol. The standard InChI is InChI=1S/C11H8ClN3O3/c12-9-5-8(15(17)18)4-7(6-13)11(9)14-3-1-2-10(14)16/h4-5H,1-3H2. The number of hydrogen-bond donors (Lipinski definition) is 0. The maximum absolute atomic E-state index is 11.6. The van der Waals surface area contributed by atoms with Gasteiger partial charge in [-0.1, -0.05) is 11.6 Å². The zero-order chi connectivity index (χ0) is 13.3. The van der Waals surface area contributed by atoms with Crippen LogP contribution in [-0.2, 0) is 4.79 Å². The van der Waals surface area contributed by atoms with Gasteiger partial charge in [0.2, 0.25) is 5.91 Å². The molecule has 1 aliphatic rings. The molecule has 2 rings (SSSR count). The normalized spacial score (nSPS) is 14.7. The highest BCUT2D eigenvalue weighted by Crippen LogP contribution is 2.35. The van der Waals surface area contributed by atoms with Crippen LogP contribution >= 0.6 is 11.6 Å². The van der Waals surface area contributed by atoms with Gasteiger partial charge in [-0.05, 0) is 6.42 Å². The molecule has 0 aromatic heterocycles. The molecule has 1 saturated heterocycles. The van der Waals surface area contributed by atoms with Gasteiger partial charge in [-0.15, -0.1) is 0 Å². The van der Waals surface area contributed by atoms with Crippen molar-refractivity contribution in [2.75, 3.05) is 11.4 Å². The van der Waals surface area contributed by atoms with E-state index in [0.29, 0.717) is 19.4 Å². The number of amides is 1. The molecule has 1 amide bonds. The molecule has 1 aliphatic heterocycles. The molecule has 0 bridgehead atoms. The topological polar surface area (TPSA) is 87.2 Å². The lowest BCUT2D eigenvalue weighted by Gasteiger charge is -2.18. The van der Waals surface area contributed by atoms with Gasteiger partial charge in [-0.2, -0.15) is 5.26 Å². The molecule has 1 aromatic rings. The van der Waals surface area contributed by atoms with E-state index < -0.39 is 4.92 Å². The van der Waals surface area contributed by atoms with Crippen LogP contribution in [0.3, 0.4) is 0 Å². The number of hydrogen-bond acceptors (Lipinski definition) is 4. The first-order valence-electron chi connectivity index (χ1n) is 5.23. The average Bonchev–Trinajstić information content (AvgIpc) is 2.74. The smallest absolute Gasteiger partial charge is 0.272 e. The molecular formula is C11H8ClN3O3. The summed E-state index contributed by atoms with van der Waals surface area (Å²) in [7, 11) is 0. The molecule has 0 saturated carbocycles. The van der Waals surface area contributed by atoms with Crippen LogP contribution in [0, 0.1) is 21.4 Å². The number of nitrogens with zero attached hydrogens (tertiary/aromatic N) is 3. The van der Waals surface area contributed by atoms with Crippen LogP contribution in [0.5, 0.6) is 0 Å². The Balaban J connectivity index is 2.57. The Morgan fingerprint density at radius 1 is 1.50 bits per heavy atom. The van der Waals surface area contributed by atoms with Crippen LogP contribution in [0.4, 0.5) is 11.4 Å². The zero-order valence-electron chi connectivity index (χ0n) is 9.22. The van der Waals surface area contributed by atoms with Crippen LogP contribution in [0.2, 0.25) is 5.02 Å². The van der Waals surface area contributed by atoms with Gasteiger partial charge < -0.3 is 4.90 Å². The van der Waals surface area contributed by atoms with Crippen LogP contribution < -0.4 is 4.90 Å². The fourth-order valence-electron chi connectivity index (χ4n) is 1.93. The second kappa shape index (κ2) is 4.63. The summed E-state index contributed by atoms with van der Waals surface area (Å²) in [6.45, 7) is 0.477. The molecular weight excluding hydrogens is 258 g/mol. The van der Waals surface area contributed by atoms with Gasteiger partial charge >= 0.3 is 0 Å². The quantitative estimate of drug-likeness (QED) is 0.606. The van der Waals surface area contributed by atoms with Gasteiger partial charge in [-0.25, -0.2) is 0 Å². The number of carbonyl (C=O) groups is 1. The minimum Gasteiger partial charge on any atom is -0.310 e. The Kier molecular flexibility index (Phi) is 3.17. The first kappa shape index (κ1) is 12.3. The van der Waals surface area contributed by atoms with Crippen LogP contribution in [0.15, 0.2) is 12.1 Å². The van der Waals surface area contributed by atoms with Crippen LogP contribution in [0.1, 0.15) is 18.4 Å². The highest BCUT2D eigenvalue weighted by Gasteiger charge is 2.27. The van der Waals surface area contributed by atoms with Crippen molar-refractivity contribution in [3.63, 3.8) is 0 Å². The summed E-state index contributed by atoms with van der Waals surface area (Å²) < 4.78 is 0. The van der Waals surface area contributed by atoms with E-state index in [9.17, 15) is 14.9 Å². The summed E-state index contributed by atoms with van der Waals surface area (Å²) in [6, 6.07) is 4.13. The van der Waals surface area contributed by atoms with E-state index in [0.717, 1.165) is 12.1 Å². The molecule has 0 spiro atoms. The lowest BCUT2D eigenvalue weighted by molar-refractivity contribution is -0.384. The third-order valence-electron chi connectivity index (χ3n) is 2.72. The van der Waals surface area contributed by atoms with E-state index in [-0.39, 0.29) is 27.9 Å². The number of halogens is 1. The summed E-state index contributed by atoms with van der Waals surface area (Å²) in [5, 5.41) is 19.8. The number of non-ortho nitro benzene ring substituents is 1. The van der Waals surface area contributed by atoms with Gasteiger partial charge in [0, 0.05) is 25.1 Å². The number of rotatable bonds is 2. The molecule has 1 aromatic carbocycles. The zero-order valence-corrected chi connectivity index (χ0v) is 9.98. The van der Waals surface area contributed by atoms with Gasteiger partial charge in [0.15, 0.2) is 0 Å².